The maximum absolute atomic E-state index is 14.9. The molecule has 36 heavy (non-hydrogen) atoms. The number of alkyl halides is 10. The van der Waals surface area contributed by atoms with Crippen LogP contribution in [-0.2, 0) is 11.8 Å². The number of anilines is 2. The first-order chi connectivity index (χ1) is 16.4. The molecule has 1 N–H and O–H groups in total. The molecule has 0 unspecified atom stereocenters. The molecule has 2 aromatic carbocycles. The van der Waals surface area contributed by atoms with Crippen molar-refractivity contribution in [2.75, 3.05) is 23.8 Å². The number of carbonyl (C=O) groups excluding carboxylic acids is 1. The third-order valence-electron chi connectivity index (χ3n) is 5.65. The molecule has 198 valence electrons. The lowest BCUT2D eigenvalue weighted by Crippen LogP contribution is -2.50. The van der Waals surface area contributed by atoms with Crippen LogP contribution in [0, 0.1) is 11.7 Å². The molecule has 3 nitrogen and oxygen atoms in total. The second-order valence-corrected chi connectivity index (χ2v) is 8.24. The zero-order valence-electron chi connectivity index (χ0n) is 18.2. The van der Waals surface area contributed by atoms with Crippen molar-refractivity contribution in [1.82, 2.24) is 0 Å². The molecule has 0 heterocycles. The maximum atomic E-state index is 14.9. The first kappa shape index (κ1) is 27.5. The van der Waals surface area contributed by atoms with Gasteiger partial charge >= 0.3 is 24.2 Å². The minimum atomic E-state index is -6.64. The van der Waals surface area contributed by atoms with Crippen molar-refractivity contribution in [2.45, 2.75) is 37.0 Å². The number of hydrogen-bond donors (Lipinski definition) is 1. The second kappa shape index (κ2) is 9.11. The number of nitrogens with zero attached hydrogens (tertiary/aromatic N) is 1. The molecule has 1 aliphatic carbocycles. The average Bonchev–Trinajstić information content (AvgIpc) is 3.59. The summed E-state index contributed by atoms with van der Waals surface area (Å²) in [5.74, 6) is -2.19. The normalized spacial score (nSPS) is 15.1. The molecule has 0 aliphatic heterocycles. The molecule has 0 aromatic heterocycles. The van der Waals surface area contributed by atoms with Crippen LogP contribution in [0.3, 0.4) is 0 Å². The van der Waals surface area contributed by atoms with E-state index < -0.39 is 64.4 Å². The van der Waals surface area contributed by atoms with E-state index in [1.807, 2.05) is 0 Å². The van der Waals surface area contributed by atoms with Gasteiger partial charge in [-0.15, -0.1) is 0 Å². The van der Waals surface area contributed by atoms with Gasteiger partial charge in [0.2, 0.25) is 0 Å². The smallest absolute Gasteiger partial charge is 0.382 e. The summed E-state index contributed by atoms with van der Waals surface area (Å²) >= 11 is 0. The first-order valence-corrected chi connectivity index (χ1v) is 10.2. The molecule has 1 aliphatic rings. The SMILES string of the molecule is CN(C(=O)c1cccc(NCC2CC2)c1F)c1ccc(C(F)(C(F)(F)F)C(F)(F)F)cc1C(F)(F)F. The minimum Gasteiger partial charge on any atom is -0.382 e. The number of benzene rings is 2. The van der Waals surface area contributed by atoms with Gasteiger partial charge in [0.1, 0.15) is 0 Å². The zero-order valence-corrected chi connectivity index (χ0v) is 18.2. The molecule has 1 fully saturated rings. The van der Waals surface area contributed by atoms with Crippen LogP contribution in [0.4, 0.5) is 59.7 Å². The van der Waals surface area contributed by atoms with Crippen LogP contribution in [0.2, 0.25) is 0 Å². The van der Waals surface area contributed by atoms with Crippen molar-refractivity contribution in [1.29, 1.82) is 0 Å². The molecular weight excluding hydrogens is 517 g/mol. The highest BCUT2D eigenvalue weighted by Crippen LogP contribution is 2.54. The Morgan fingerprint density at radius 1 is 0.944 bits per heavy atom. The summed E-state index contributed by atoms with van der Waals surface area (Å²) in [5.41, 5.74) is -12.7. The fourth-order valence-electron chi connectivity index (χ4n) is 3.46. The molecule has 2 aromatic rings. The van der Waals surface area contributed by atoms with E-state index in [-0.39, 0.29) is 22.7 Å². The number of halogens is 11. The van der Waals surface area contributed by atoms with Crippen molar-refractivity contribution < 1.29 is 53.1 Å². The molecule has 0 bridgehead atoms. The molecule has 3 rings (SSSR count). The van der Waals surface area contributed by atoms with Gasteiger partial charge in [-0.3, -0.25) is 4.79 Å². The standard InChI is InChI=1S/C22H17F11N2O/c1-35(18(36)13-3-2-4-15(17(13)23)34-10-11-5-6-11)16-8-7-12(9-14(16)20(25,26)27)19(24,21(28,29)30)22(31,32)33/h2-4,7-9,11,34H,5-6,10H2,1H3. The molecule has 0 saturated heterocycles. The lowest BCUT2D eigenvalue weighted by atomic mass is 9.91. The summed E-state index contributed by atoms with van der Waals surface area (Å²) in [6.45, 7) is 0.382. The molecular formula is C22H17F11N2O. The van der Waals surface area contributed by atoms with E-state index in [0.717, 1.165) is 18.9 Å². The number of amides is 1. The predicted octanol–water partition coefficient (Wildman–Crippen LogP) is 7.23. The minimum absolute atomic E-state index is 0.0922. The summed E-state index contributed by atoms with van der Waals surface area (Å²) in [7, 11) is 0.715. The van der Waals surface area contributed by atoms with Gasteiger partial charge in [0, 0.05) is 19.2 Å². The van der Waals surface area contributed by atoms with E-state index in [1.165, 1.54) is 12.1 Å². The van der Waals surface area contributed by atoms with Gasteiger partial charge in [0.25, 0.3) is 5.91 Å². The average molecular weight is 534 g/mol. The Labute approximate surface area is 196 Å². The Balaban J connectivity index is 2.06. The third kappa shape index (κ3) is 5.07. The number of carbonyl (C=O) groups is 1. The van der Waals surface area contributed by atoms with Crippen LogP contribution < -0.4 is 10.2 Å². The fourth-order valence-corrected chi connectivity index (χ4v) is 3.46. The highest BCUT2D eigenvalue weighted by molar-refractivity contribution is 6.07. The van der Waals surface area contributed by atoms with Crippen LogP contribution in [0.5, 0.6) is 0 Å². The summed E-state index contributed by atoms with van der Waals surface area (Å²) in [6.07, 6.45) is -17.1. The van der Waals surface area contributed by atoms with Gasteiger partial charge in [-0.2, -0.15) is 39.5 Å². The van der Waals surface area contributed by atoms with Gasteiger partial charge in [0.05, 0.1) is 22.5 Å². The van der Waals surface area contributed by atoms with Gasteiger partial charge in [-0.25, -0.2) is 8.78 Å². The van der Waals surface area contributed by atoms with Crippen molar-refractivity contribution in [3.05, 3.63) is 58.9 Å². The van der Waals surface area contributed by atoms with Crippen LogP contribution in [-0.4, -0.2) is 31.9 Å². The van der Waals surface area contributed by atoms with Gasteiger partial charge in [-0.05, 0) is 43.0 Å². The van der Waals surface area contributed by atoms with Crippen molar-refractivity contribution in [3.8, 4) is 0 Å². The highest BCUT2D eigenvalue weighted by atomic mass is 19.4. The Morgan fingerprint density at radius 2 is 1.53 bits per heavy atom. The van der Waals surface area contributed by atoms with E-state index in [4.69, 9.17) is 0 Å². The summed E-state index contributed by atoms with van der Waals surface area (Å²) in [4.78, 5) is 13.0. The Kier molecular flexibility index (Phi) is 6.96. The van der Waals surface area contributed by atoms with E-state index in [9.17, 15) is 53.1 Å². The second-order valence-electron chi connectivity index (χ2n) is 8.24. The molecule has 1 saturated carbocycles. The van der Waals surface area contributed by atoms with E-state index in [1.54, 1.807) is 0 Å². The molecule has 0 spiro atoms. The maximum Gasteiger partial charge on any atom is 0.435 e. The van der Waals surface area contributed by atoms with Gasteiger partial charge < -0.3 is 10.2 Å². The Bertz CT molecular complexity index is 1120. The van der Waals surface area contributed by atoms with Crippen LogP contribution in [0.25, 0.3) is 0 Å². The Hall–Kier alpha value is -3.06. The summed E-state index contributed by atoms with van der Waals surface area (Å²) in [5, 5.41) is 2.76. The van der Waals surface area contributed by atoms with Gasteiger partial charge in [-0.1, -0.05) is 12.1 Å². The highest BCUT2D eigenvalue weighted by Gasteiger charge is 2.73. The number of rotatable bonds is 6. The quantitative estimate of drug-likeness (QED) is 0.397. The van der Waals surface area contributed by atoms with Crippen LogP contribution in [0.15, 0.2) is 36.4 Å². The largest absolute Gasteiger partial charge is 0.435 e. The lowest BCUT2D eigenvalue weighted by molar-refractivity contribution is -0.348. The topological polar surface area (TPSA) is 32.3 Å². The summed E-state index contributed by atoms with van der Waals surface area (Å²) in [6, 6.07) is 2.73. The van der Waals surface area contributed by atoms with Crippen LogP contribution >= 0.6 is 0 Å². The van der Waals surface area contributed by atoms with Crippen molar-refractivity contribution in [3.63, 3.8) is 0 Å². The summed E-state index contributed by atoms with van der Waals surface area (Å²) < 4.78 is 148. The first-order valence-electron chi connectivity index (χ1n) is 10.2. The monoisotopic (exact) mass is 534 g/mol. The van der Waals surface area contributed by atoms with Crippen molar-refractivity contribution in [2.24, 2.45) is 5.92 Å². The molecule has 1 amide bonds. The van der Waals surface area contributed by atoms with Crippen LogP contribution in [0.1, 0.15) is 34.3 Å². The van der Waals surface area contributed by atoms with E-state index >= 15 is 0 Å². The zero-order chi connectivity index (χ0) is 27.3. The fraction of sp³-hybridized carbons (Fsp3) is 0.409. The predicted molar refractivity (Wildman–Crippen MR) is 107 cm³/mol. The van der Waals surface area contributed by atoms with Gasteiger partial charge in [0.15, 0.2) is 5.82 Å². The number of nitrogens with one attached hydrogen (secondary N) is 1. The molecule has 0 radical (unpaired) electrons. The number of hydrogen-bond acceptors (Lipinski definition) is 2. The third-order valence-corrected chi connectivity index (χ3v) is 5.65. The molecule has 0 atom stereocenters. The van der Waals surface area contributed by atoms with E-state index in [2.05, 4.69) is 5.32 Å². The molecule has 14 heteroatoms. The Morgan fingerprint density at radius 3 is 2.03 bits per heavy atom. The van der Waals surface area contributed by atoms with E-state index in [0.29, 0.717) is 19.5 Å². The van der Waals surface area contributed by atoms with Crippen molar-refractivity contribution >= 4 is 17.3 Å². The lowest BCUT2D eigenvalue weighted by Gasteiger charge is -2.31.